The Bertz CT molecular complexity index is 1200. The molecule has 0 aliphatic carbocycles. The van der Waals surface area contributed by atoms with Crippen LogP contribution < -0.4 is 4.31 Å². The van der Waals surface area contributed by atoms with Crippen molar-refractivity contribution in [2.24, 2.45) is 0 Å². The molecule has 0 aliphatic heterocycles. The Morgan fingerprint density at radius 3 is 2.42 bits per heavy atom. The first-order valence-corrected chi connectivity index (χ1v) is 9.66. The van der Waals surface area contributed by atoms with Gasteiger partial charge in [-0.15, -0.1) is 10.2 Å². The Morgan fingerprint density at radius 2 is 1.69 bits per heavy atom. The van der Waals surface area contributed by atoms with Gasteiger partial charge in [0.1, 0.15) is 5.82 Å². The molecule has 7 nitrogen and oxygen atoms in total. The molecule has 0 saturated heterocycles. The molecule has 0 bridgehead atoms. The van der Waals surface area contributed by atoms with E-state index in [1.54, 1.807) is 37.3 Å². The molecule has 0 N–H and O–H groups in total. The van der Waals surface area contributed by atoms with Gasteiger partial charge in [0.25, 0.3) is 10.0 Å². The first kappa shape index (κ1) is 16.5. The minimum absolute atomic E-state index is 0.214. The topological polar surface area (TPSA) is 80.5 Å². The van der Waals surface area contributed by atoms with Crippen LogP contribution in [-0.2, 0) is 10.0 Å². The van der Waals surface area contributed by atoms with Gasteiger partial charge >= 0.3 is 0 Å². The lowest BCUT2D eigenvalue weighted by Crippen LogP contribution is -2.32. The first-order valence-electron chi connectivity index (χ1n) is 8.22. The predicted molar refractivity (Wildman–Crippen MR) is 99.7 cm³/mol. The van der Waals surface area contributed by atoms with Gasteiger partial charge in [-0.1, -0.05) is 30.3 Å². The van der Waals surface area contributed by atoms with E-state index in [-0.39, 0.29) is 17.3 Å². The van der Waals surface area contributed by atoms with E-state index in [2.05, 4.69) is 15.2 Å². The number of hydrogen-bond acceptors (Lipinski definition) is 5. The SMILES string of the molecule is CCN(c1nc2ccccc2n2c(C)nnc12)S(=O)(=O)c1ccccc1. The Labute approximate surface area is 151 Å². The Morgan fingerprint density at radius 1 is 1.00 bits per heavy atom. The minimum Gasteiger partial charge on any atom is -0.274 e. The lowest BCUT2D eigenvalue weighted by atomic mass is 10.3. The normalized spacial score (nSPS) is 11.9. The molecule has 0 saturated carbocycles. The number of para-hydroxylation sites is 2. The molecule has 132 valence electrons. The number of hydrogen-bond donors (Lipinski definition) is 0. The molecule has 2 heterocycles. The maximum Gasteiger partial charge on any atom is 0.265 e. The summed E-state index contributed by atoms with van der Waals surface area (Å²) >= 11 is 0. The van der Waals surface area contributed by atoms with Crippen LogP contribution in [0, 0.1) is 6.92 Å². The van der Waals surface area contributed by atoms with Crippen molar-refractivity contribution in [3.63, 3.8) is 0 Å². The minimum atomic E-state index is -3.77. The van der Waals surface area contributed by atoms with Gasteiger partial charge in [-0.2, -0.15) is 0 Å². The van der Waals surface area contributed by atoms with Crippen molar-refractivity contribution in [3.05, 3.63) is 60.4 Å². The highest BCUT2D eigenvalue weighted by Crippen LogP contribution is 2.28. The molecule has 2 aromatic carbocycles. The van der Waals surface area contributed by atoms with Crippen molar-refractivity contribution in [2.45, 2.75) is 18.7 Å². The predicted octanol–water partition coefficient (Wildman–Crippen LogP) is 2.80. The average Bonchev–Trinajstić information content (AvgIpc) is 3.05. The second-order valence-electron chi connectivity index (χ2n) is 5.81. The van der Waals surface area contributed by atoms with Crippen molar-refractivity contribution in [3.8, 4) is 0 Å². The molecule has 0 radical (unpaired) electrons. The molecule has 26 heavy (non-hydrogen) atoms. The van der Waals surface area contributed by atoms with Crippen molar-refractivity contribution in [2.75, 3.05) is 10.8 Å². The zero-order valence-electron chi connectivity index (χ0n) is 14.4. The molecule has 0 atom stereocenters. The molecule has 2 aromatic heterocycles. The Kier molecular flexibility index (Phi) is 3.84. The van der Waals surface area contributed by atoms with Crippen molar-refractivity contribution in [1.82, 2.24) is 19.6 Å². The molecular weight excluding hydrogens is 350 g/mol. The summed E-state index contributed by atoms with van der Waals surface area (Å²) in [5.74, 6) is 0.948. The van der Waals surface area contributed by atoms with E-state index >= 15 is 0 Å². The molecule has 0 spiro atoms. The van der Waals surface area contributed by atoms with E-state index in [9.17, 15) is 8.42 Å². The van der Waals surface area contributed by atoms with Crippen LogP contribution in [0.2, 0.25) is 0 Å². The van der Waals surface area contributed by atoms with Crippen LogP contribution >= 0.6 is 0 Å². The molecule has 0 fully saturated rings. The zero-order chi connectivity index (χ0) is 18.3. The Hall–Kier alpha value is -3.00. The summed E-state index contributed by atoms with van der Waals surface area (Å²) in [6.45, 7) is 3.83. The summed E-state index contributed by atoms with van der Waals surface area (Å²) in [6.07, 6.45) is 0. The van der Waals surface area contributed by atoms with E-state index in [1.165, 1.54) is 4.31 Å². The second-order valence-corrected chi connectivity index (χ2v) is 7.68. The van der Waals surface area contributed by atoms with Crippen LogP contribution in [0.15, 0.2) is 59.5 Å². The monoisotopic (exact) mass is 367 g/mol. The van der Waals surface area contributed by atoms with Crippen LogP contribution in [0.3, 0.4) is 0 Å². The number of benzene rings is 2. The maximum atomic E-state index is 13.2. The average molecular weight is 367 g/mol. The van der Waals surface area contributed by atoms with Gasteiger partial charge in [0.2, 0.25) is 5.65 Å². The molecule has 8 heteroatoms. The summed E-state index contributed by atoms with van der Waals surface area (Å²) < 4.78 is 29.5. The van der Waals surface area contributed by atoms with Gasteiger partial charge in [0, 0.05) is 6.54 Å². The van der Waals surface area contributed by atoms with E-state index < -0.39 is 10.0 Å². The van der Waals surface area contributed by atoms with Gasteiger partial charge in [-0.3, -0.25) is 4.40 Å². The van der Waals surface area contributed by atoms with Gasteiger partial charge in [0.15, 0.2) is 5.82 Å². The molecule has 0 aliphatic rings. The summed E-state index contributed by atoms with van der Waals surface area (Å²) in [6, 6.07) is 15.9. The summed E-state index contributed by atoms with van der Waals surface area (Å²) in [5, 5.41) is 8.32. The summed E-state index contributed by atoms with van der Waals surface area (Å²) in [7, 11) is -3.77. The lowest BCUT2D eigenvalue weighted by molar-refractivity contribution is 0.591. The number of aromatic nitrogens is 4. The van der Waals surface area contributed by atoms with Crippen LogP contribution in [-0.4, -0.2) is 34.5 Å². The van der Waals surface area contributed by atoms with E-state index in [0.717, 1.165) is 5.52 Å². The third-order valence-corrected chi connectivity index (χ3v) is 6.11. The third kappa shape index (κ3) is 2.41. The van der Waals surface area contributed by atoms with Gasteiger partial charge in [-0.05, 0) is 38.1 Å². The third-order valence-electron chi connectivity index (χ3n) is 4.23. The van der Waals surface area contributed by atoms with Crippen molar-refractivity contribution in [1.29, 1.82) is 0 Å². The molecule has 4 aromatic rings. The zero-order valence-corrected chi connectivity index (χ0v) is 15.2. The van der Waals surface area contributed by atoms with E-state index in [1.807, 2.05) is 35.6 Å². The standard InChI is InChI=1S/C18H17N5O2S/c1-3-22(26(24,25)14-9-5-4-6-10-14)17-18-21-20-13(2)23(18)16-12-8-7-11-15(16)19-17/h4-12H,3H2,1-2H3. The van der Waals surface area contributed by atoms with Gasteiger partial charge in [0.05, 0.1) is 15.9 Å². The van der Waals surface area contributed by atoms with Crippen molar-refractivity contribution < 1.29 is 8.42 Å². The number of sulfonamides is 1. The van der Waals surface area contributed by atoms with Crippen LogP contribution in [0.1, 0.15) is 12.7 Å². The van der Waals surface area contributed by atoms with Gasteiger partial charge < -0.3 is 0 Å². The fraction of sp³-hybridized carbons (Fsp3) is 0.167. The van der Waals surface area contributed by atoms with Crippen LogP contribution in [0.4, 0.5) is 5.82 Å². The number of fused-ring (bicyclic) bond motifs is 3. The number of rotatable bonds is 4. The number of anilines is 1. The maximum absolute atomic E-state index is 13.2. The number of nitrogens with zero attached hydrogens (tertiary/aromatic N) is 5. The first-order chi connectivity index (χ1) is 12.5. The van der Waals surface area contributed by atoms with Crippen molar-refractivity contribution >= 4 is 32.5 Å². The smallest absolute Gasteiger partial charge is 0.265 e. The fourth-order valence-electron chi connectivity index (χ4n) is 3.03. The fourth-order valence-corrected chi connectivity index (χ4v) is 4.47. The Balaban J connectivity index is 2.03. The molecular formula is C18H17N5O2S. The largest absolute Gasteiger partial charge is 0.274 e. The van der Waals surface area contributed by atoms with Crippen LogP contribution in [0.25, 0.3) is 16.7 Å². The second kappa shape index (κ2) is 6.06. The molecule has 4 rings (SSSR count). The molecule has 0 unspecified atom stereocenters. The van der Waals surface area contributed by atoms with Gasteiger partial charge in [-0.25, -0.2) is 17.7 Å². The molecule has 0 amide bonds. The highest BCUT2D eigenvalue weighted by atomic mass is 32.2. The summed E-state index contributed by atoms with van der Waals surface area (Å²) in [4.78, 5) is 4.82. The van der Waals surface area contributed by atoms with Crippen LogP contribution in [0.5, 0.6) is 0 Å². The highest BCUT2D eigenvalue weighted by molar-refractivity contribution is 7.92. The number of aryl methyl sites for hydroxylation is 1. The van der Waals surface area contributed by atoms with E-state index in [0.29, 0.717) is 17.0 Å². The highest BCUT2D eigenvalue weighted by Gasteiger charge is 2.28. The quantitative estimate of drug-likeness (QED) is 0.554. The summed E-state index contributed by atoms with van der Waals surface area (Å²) in [5.41, 5.74) is 1.93. The lowest BCUT2D eigenvalue weighted by Gasteiger charge is -2.22. The van der Waals surface area contributed by atoms with E-state index in [4.69, 9.17) is 0 Å².